The van der Waals surface area contributed by atoms with Gasteiger partial charge in [-0.15, -0.1) is 0 Å². The summed E-state index contributed by atoms with van der Waals surface area (Å²) in [5.41, 5.74) is 1.91. The van der Waals surface area contributed by atoms with Gasteiger partial charge in [-0.05, 0) is 72.2 Å². The van der Waals surface area contributed by atoms with Crippen molar-refractivity contribution in [3.8, 4) is 22.5 Å². The largest absolute Gasteiger partial charge is 0.447 e. The second-order valence-corrected chi connectivity index (χ2v) is 15.9. The zero-order valence-corrected chi connectivity index (χ0v) is 31.3. The molecule has 0 aliphatic heterocycles. The molecular formula is C34H43B3ClF2N9O3. The summed E-state index contributed by atoms with van der Waals surface area (Å²) in [5.74, 6) is -0.255. The van der Waals surface area contributed by atoms with E-state index in [4.69, 9.17) is 16.3 Å². The number of guanidine groups is 1. The number of aromatic nitrogens is 5. The van der Waals surface area contributed by atoms with Gasteiger partial charge in [0.05, 0.1) is 17.3 Å². The van der Waals surface area contributed by atoms with Gasteiger partial charge in [0.2, 0.25) is 0 Å². The number of benzene rings is 2. The van der Waals surface area contributed by atoms with Crippen molar-refractivity contribution in [3.05, 3.63) is 77.3 Å². The van der Waals surface area contributed by atoms with Gasteiger partial charge in [0.15, 0.2) is 11.8 Å². The van der Waals surface area contributed by atoms with Crippen LogP contribution in [0, 0.1) is 10.8 Å². The van der Waals surface area contributed by atoms with E-state index < -0.39 is 29.8 Å². The van der Waals surface area contributed by atoms with E-state index in [1.807, 2.05) is 30.5 Å². The second-order valence-electron chi connectivity index (χ2n) is 15.5. The molecule has 2 aromatic heterocycles. The molecule has 0 spiro atoms. The van der Waals surface area contributed by atoms with Gasteiger partial charge in [-0.1, -0.05) is 50.6 Å². The number of nitrogens with one attached hydrogen (secondary N) is 3. The van der Waals surface area contributed by atoms with Gasteiger partial charge in [-0.2, -0.15) is 19.0 Å². The molecule has 3 N–H and O–H groups in total. The van der Waals surface area contributed by atoms with Gasteiger partial charge in [-0.3, -0.25) is 19.8 Å². The Kier molecular flexibility index (Phi) is 11.2. The summed E-state index contributed by atoms with van der Waals surface area (Å²) < 4.78 is 34.4. The fourth-order valence-corrected chi connectivity index (χ4v) is 5.69. The highest BCUT2D eigenvalue weighted by Crippen LogP contribution is 2.36. The SMILES string of the molecule is BC(B)(B)n1ncnc1-c1cc([C@@H](COC(=O)NC2(C)CC2)N(C(=N)NCCC(C)(C)C)C(=O)c2ccc(-c3cnn(C(F)F)c3)cc2)ccc1Cl. The lowest BCUT2D eigenvalue weighted by Gasteiger charge is -2.33. The third kappa shape index (κ3) is 9.41. The van der Waals surface area contributed by atoms with Crippen molar-refractivity contribution in [1.82, 2.24) is 40.1 Å². The first kappa shape index (κ1) is 38.6. The minimum atomic E-state index is -2.79. The summed E-state index contributed by atoms with van der Waals surface area (Å²) in [4.78, 5) is 33.4. The molecule has 4 aromatic rings. The van der Waals surface area contributed by atoms with Crippen molar-refractivity contribution in [3.63, 3.8) is 0 Å². The zero-order chi connectivity index (χ0) is 38.0. The maximum absolute atomic E-state index is 14.6. The van der Waals surface area contributed by atoms with Crippen molar-refractivity contribution in [2.45, 2.75) is 70.3 Å². The molecule has 272 valence electrons. The van der Waals surface area contributed by atoms with Crippen molar-refractivity contribution in [2.75, 3.05) is 13.2 Å². The third-order valence-corrected chi connectivity index (χ3v) is 9.11. The van der Waals surface area contributed by atoms with E-state index in [1.165, 1.54) is 23.6 Å². The van der Waals surface area contributed by atoms with Gasteiger partial charge >= 0.3 is 12.6 Å². The maximum atomic E-state index is 14.6. The van der Waals surface area contributed by atoms with E-state index in [-0.39, 0.29) is 29.1 Å². The molecule has 1 saturated carbocycles. The van der Waals surface area contributed by atoms with Crippen molar-refractivity contribution in [1.29, 1.82) is 5.41 Å². The molecule has 1 atom stereocenters. The Morgan fingerprint density at radius 2 is 1.79 bits per heavy atom. The average molecular weight is 732 g/mol. The minimum absolute atomic E-state index is 0.0519. The monoisotopic (exact) mass is 731 g/mol. The van der Waals surface area contributed by atoms with Crippen molar-refractivity contribution < 1.29 is 23.1 Å². The summed E-state index contributed by atoms with van der Waals surface area (Å²) in [5, 5.41) is 23.3. The Morgan fingerprint density at radius 1 is 1.10 bits per heavy atom. The number of nitrogens with zero attached hydrogens (tertiary/aromatic N) is 6. The van der Waals surface area contributed by atoms with E-state index >= 15 is 0 Å². The Bertz CT molecular complexity index is 1920. The molecule has 2 aromatic carbocycles. The molecule has 2 amide bonds. The predicted octanol–water partition coefficient (Wildman–Crippen LogP) is 3.75. The highest BCUT2D eigenvalue weighted by atomic mass is 35.5. The molecule has 0 radical (unpaired) electrons. The Morgan fingerprint density at radius 3 is 2.38 bits per heavy atom. The zero-order valence-electron chi connectivity index (χ0n) is 30.5. The van der Waals surface area contributed by atoms with Crippen LogP contribution in [0.15, 0.2) is 61.2 Å². The number of ether oxygens (including phenoxy) is 1. The quantitative estimate of drug-likeness (QED) is 0.115. The fraction of sp³-hybridized carbons (Fsp3) is 0.412. The molecule has 1 aliphatic rings. The highest BCUT2D eigenvalue weighted by molar-refractivity contribution is 6.56. The molecule has 12 nitrogen and oxygen atoms in total. The van der Waals surface area contributed by atoms with Gasteiger partial charge in [0, 0.05) is 35.0 Å². The number of hydrogen-bond donors (Lipinski definition) is 3. The van der Waals surface area contributed by atoms with Crippen LogP contribution >= 0.6 is 11.6 Å². The Balaban J connectivity index is 1.56. The van der Waals surface area contributed by atoms with Gasteiger partial charge < -0.3 is 15.4 Å². The molecule has 5 rings (SSSR count). The number of amides is 2. The number of rotatable bonds is 12. The van der Waals surface area contributed by atoms with E-state index in [2.05, 4.69) is 46.6 Å². The minimum Gasteiger partial charge on any atom is -0.447 e. The molecule has 2 heterocycles. The van der Waals surface area contributed by atoms with Gasteiger partial charge in [0.1, 0.15) is 36.5 Å². The number of carbonyl (C=O) groups is 2. The number of hydrogen-bond acceptors (Lipinski definition) is 7. The standard InChI is InChI=1S/C34H43B3ClF2N9O3/c1-32(2,3)13-14-42-30(41)48(28(50)21-7-5-20(6-8-21)23-16-44-47(17-23)29(39)40)26(18-52-31(51)46-33(4)11-12-33)22-9-10-25(38)24(15-22)27-43-19-45-49(27)34(35,36)37/h5-10,15-17,19,26,29H,11-14,18,35-37H2,1-4H3,(H2,41,42)(H,46,51)/t26-/m1/s1. The Hall–Kier alpha value is -4.66. The first-order valence-electron chi connectivity index (χ1n) is 17.1. The lowest BCUT2D eigenvalue weighted by Crippen LogP contribution is -2.49. The van der Waals surface area contributed by atoms with Crippen LogP contribution in [0.2, 0.25) is 5.02 Å². The van der Waals surface area contributed by atoms with Crippen LogP contribution in [0.3, 0.4) is 0 Å². The van der Waals surface area contributed by atoms with Gasteiger partial charge in [0.25, 0.3) is 5.91 Å². The van der Waals surface area contributed by atoms with Crippen LogP contribution in [0.4, 0.5) is 13.6 Å². The highest BCUT2D eigenvalue weighted by Gasteiger charge is 2.40. The summed E-state index contributed by atoms with van der Waals surface area (Å²) in [6.45, 7) is 5.47. The predicted molar refractivity (Wildman–Crippen MR) is 204 cm³/mol. The lowest BCUT2D eigenvalue weighted by atomic mass is 9.49. The maximum Gasteiger partial charge on any atom is 0.407 e. The van der Waals surface area contributed by atoms with Crippen LogP contribution in [0.25, 0.3) is 22.5 Å². The average Bonchev–Trinajstić information content (AvgIpc) is 3.44. The molecule has 0 bridgehead atoms. The van der Waals surface area contributed by atoms with E-state index in [0.717, 1.165) is 12.8 Å². The number of alkyl halides is 2. The third-order valence-electron chi connectivity index (χ3n) is 8.78. The van der Waals surface area contributed by atoms with E-state index in [0.29, 0.717) is 50.7 Å². The van der Waals surface area contributed by atoms with Crippen LogP contribution in [0.1, 0.15) is 75.5 Å². The molecular weight excluding hydrogens is 688 g/mol. The first-order valence-corrected chi connectivity index (χ1v) is 17.5. The second kappa shape index (κ2) is 15.1. The van der Waals surface area contributed by atoms with Crippen molar-refractivity contribution >= 4 is 53.1 Å². The number of halogens is 3. The summed E-state index contributed by atoms with van der Waals surface area (Å²) in [7, 11) is 5.96. The number of carbonyl (C=O) groups excluding carboxylic acids is 2. The van der Waals surface area contributed by atoms with E-state index in [9.17, 15) is 23.8 Å². The molecule has 0 saturated heterocycles. The normalized spacial score (nSPS) is 14.5. The summed E-state index contributed by atoms with van der Waals surface area (Å²) >= 11 is 6.76. The lowest BCUT2D eigenvalue weighted by molar-refractivity contribution is 0.0566. The van der Waals surface area contributed by atoms with E-state index in [1.54, 1.807) is 47.1 Å². The fourth-order valence-electron chi connectivity index (χ4n) is 5.49. The van der Waals surface area contributed by atoms with Crippen molar-refractivity contribution in [2.24, 2.45) is 5.41 Å². The van der Waals surface area contributed by atoms with Gasteiger partial charge in [-0.25, -0.2) is 14.5 Å². The molecule has 0 unspecified atom stereocenters. The smallest absolute Gasteiger partial charge is 0.407 e. The summed E-state index contributed by atoms with van der Waals surface area (Å²) in [6.07, 6.45) is 5.71. The molecule has 1 fully saturated rings. The topological polar surface area (TPSA) is 143 Å². The van der Waals surface area contributed by atoms with Crippen LogP contribution in [-0.4, -0.2) is 89.6 Å². The first-order chi connectivity index (χ1) is 24.3. The molecule has 18 heteroatoms. The number of alkyl carbamates (subject to hydrolysis) is 1. The molecule has 1 aliphatic carbocycles. The Labute approximate surface area is 309 Å². The van der Waals surface area contributed by atoms with Crippen LogP contribution in [-0.2, 0) is 9.97 Å². The van der Waals surface area contributed by atoms with Crippen LogP contribution < -0.4 is 10.6 Å². The molecule has 52 heavy (non-hydrogen) atoms. The summed E-state index contributed by atoms with van der Waals surface area (Å²) in [6, 6.07) is 10.6. The van der Waals surface area contributed by atoms with Crippen LogP contribution in [0.5, 0.6) is 0 Å².